The highest BCUT2D eigenvalue weighted by Crippen LogP contribution is 2.45. The first-order valence-electron chi connectivity index (χ1n) is 15.5. The van der Waals surface area contributed by atoms with E-state index in [1.165, 1.54) is 18.2 Å². The second-order valence-corrected chi connectivity index (χ2v) is 18.6. The highest BCUT2D eigenvalue weighted by atomic mass is 32.2. The number of fused-ring (bicyclic) bond motifs is 1. The van der Waals surface area contributed by atoms with Crippen molar-refractivity contribution in [2.45, 2.75) is 87.8 Å². The summed E-state index contributed by atoms with van der Waals surface area (Å²) in [4.78, 5) is 55.4. The number of carbonyl (C=O) groups excluding carboxylic acids is 4. The zero-order chi connectivity index (χ0) is 36.0. The topological polar surface area (TPSA) is 185 Å². The van der Waals surface area contributed by atoms with Gasteiger partial charge in [-0.3, -0.25) is 19.1 Å². The lowest BCUT2D eigenvalue weighted by atomic mass is 9.85. The Morgan fingerprint density at radius 2 is 1.62 bits per heavy atom. The molecule has 2 aromatic rings. The summed E-state index contributed by atoms with van der Waals surface area (Å²) in [6.45, 7) is 13.4. The molecule has 5 unspecified atom stereocenters. The van der Waals surface area contributed by atoms with Gasteiger partial charge in [0.2, 0.25) is 21.8 Å². The summed E-state index contributed by atoms with van der Waals surface area (Å²) in [5.41, 5.74) is -3.45. The van der Waals surface area contributed by atoms with Crippen molar-refractivity contribution in [3.63, 3.8) is 0 Å². The number of likely N-dealkylation sites (tertiary alicyclic amines) is 1. The van der Waals surface area contributed by atoms with Crippen molar-refractivity contribution in [3.05, 3.63) is 55.1 Å². The molecular weight excluding hydrogens is 661 g/mol. The fraction of sp³-hybridized carbons (Fsp3) is 0.515. The van der Waals surface area contributed by atoms with Gasteiger partial charge >= 0.3 is 6.09 Å². The number of ether oxygens (including phenoxy) is 1. The van der Waals surface area contributed by atoms with Gasteiger partial charge in [0, 0.05) is 12.5 Å². The standard InChI is InChI=1S/C33H44N4O9S2/c1-9-22-18-33(22,29(40)36-47(8,42)43)35-27(38)25-17-24(48(44,45)23-15-14-20-12-10-11-13-21(20)16-23)19-37(25)28(39)26(31(2,3)4)34-30(41)46-32(5,6)7/h9-16,22,24-26H,1,17-19H2,2-8H3,(H,34,41)(H,35,38)(H,36,40). The molecule has 1 aliphatic heterocycles. The van der Waals surface area contributed by atoms with E-state index in [0.717, 1.165) is 16.5 Å². The fourth-order valence-electron chi connectivity index (χ4n) is 5.89. The summed E-state index contributed by atoms with van der Waals surface area (Å²) in [6.07, 6.45) is 1.06. The first-order chi connectivity index (χ1) is 22.0. The number of amides is 4. The Kier molecular flexibility index (Phi) is 9.83. The van der Waals surface area contributed by atoms with Crippen molar-refractivity contribution in [2.75, 3.05) is 12.8 Å². The summed E-state index contributed by atoms with van der Waals surface area (Å²) in [5, 5.41) is 5.51. The molecule has 15 heteroatoms. The summed E-state index contributed by atoms with van der Waals surface area (Å²) < 4.78 is 59.2. The number of nitrogens with zero attached hydrogens (tertiary/aromatic N) is 1. The lowest BCUT2D eigenvalue weighted by molar-refractivity contribution is -0.142. The molecule has 0 spiro atoms. The molecule has 0 aromatic heterocycles. The molecule has 1 heterocycles. The number of sulfone groups is 1. The zero-order valence-corrected chi connectivity index (χ0v) is 29.8. The van der Waals surface area contributed by atoms with Crippen LogP contribution in [0.1, 0.15) is 54.4 Å². The van der Waals surface area contributed by atoms with Gasteiger partial charge in [-0.05, 0) is 61.9 Å². The van der Waals surface area contributed by atoms with E-state index < -0.39 is 83.5 Å². The monoisotopic (exact) mass is 704 g/mol. The minimum Gasteiger partial charge on any atom is -0.444 e. The van der Waals surface area contributed by atoms with Crippen molar-refractivity contribution in [1.29, 1.82) is 0 Å². The van der Waals surface area contributed by atoms with Crippen LogP contribution >= 0.6 is 0 Å². The highest BCUT2D eigenvalue weighted by molar-refractivity contribution is 7.92. The van der Waals surface area contributed by atoms with Crippen LogP contribution in [0.3, 0.4) is 0 Å². The smallest absolute Gasteiger partial charge is 0.408 e. The predicted molar refractivity (Wildman–Crippen MR) is 180 cm³/mol. The number of hydrogen-bond donors (Lipinski definition) is 3. The molecule has 1 saturated carbocycles. The lowest BCUT2D eigenvalue weighted by Gasteiger charge is -2.36. The Morgan fingerprint density at radius 1 is 1.00 bits per heavy atom. The highest BCUT2D eigenvalue weighted by Gasteiger charge is 2.61. The first-order valence-corrected chi connectivity index (χ1v) is 18.9. The van der Waals surface area contributed by atoms with Crippen molar-refractivity contribution in [2.24, 2.45) is 11.3 Å². The molecule has 4 amide bonds. The molecule has 2 fully saturated rings. The Hall–Kier alpha value is -3.98. The van der Waals surface area contributed by atoms with Crippen LogP contribution in [0, 0.1) is 11.3 Å². The molecule has 5 atom stereocenters. The maximum Gasteiger partial charge on any atom is 0.408 e. The van der Waals surface area contributed by atoms with Gasteiger partial charge in [-0.2, -0.15) is 0 Å². The Balaban J connectivity index is 1.72. The molecule has 2 aliphatic rings. The summed E-state index contributed by atoms with van der Waals surface area (Å²) in [7, 11) is -8.10. The molecule has 1 aliphatic carbocycles. The van der Waals surface area contributed by atoms with Crippen LogP contribution in [0.5, 0.6) is 0 Å². The van der Waals surface area contributed by atoms with E-state index >= 15 is 0 Å². The third-order valence-electron chi connectivity index (χ3n) is 8.44. The molecule has 262 valence electrons. The third-order valence-corrected chi connectivity index (χ3v) is 11.1. The van der Waals surface area contributed by atoms with Gasteiger partial charge < -0.3 is 20.3 Å². The van der Waals surface area contributed by atoms with Crippen LogP contribution in [-0.2, 0) is 39.0 Å². The van der Waals surface area contributed by atoms with Crippen LogP contribution in [0.15, 0.2) is 60.0 Å². The van der Waals surface area contributed by atoms with Gasteiger partial charge in [0.15, 0.2) is 9.84 Å². The normalized spacial score (nSPS) is 23.6. The maximum atomic E-state index is 14.3. The fourth-order valence-corrected chi connectivity index (χ4v) is 8.13. The average molecular weight is 705 g/mol. The molecule has 4 rings (SSSR count). The molecule has 0 bridgehead atoms. The van der Waals surface area contributed by atoms with Crippen LogP contribution in [0.4, 0.5) is 4.79 Å². The van der Waals surface area contributed by atoms with E-state index in [9.17, 15) is 36.0 Å². The molecule has 0 radical (unpaired) electrons. The zero-order valence-electron chi connectivity index (χ0n) is 28.2. The quantitative estimate of drug-likeness (QED) is 0.330. The molecule has 13 nitrogen and oxygen atoms in total. The first kappa shape index (κ1) is 36.8. The molecular formula is C33H44N4O9S2. The van der Waals surface area contributed by atoms with Crippen molar-refractivity contribution >= 4 is 54.4 Å². The van der Waals surface area contributed by atoms with E-state index in [1.54, 1.807) is 59.7 Å². The number of hydrogen-bond acceptors (Lipinski definition) is 9. The second kappa shape index (κ2) is 12.8. The molecule has 1 saturated heterocycles. The van der Waals surface area contributed by atoms with Gasteiger partial charge in [-0.1, -0.05) is 57.2 Å². The van der Waals surface area contributed by atoms with Crippen molar-refractivity contribution in [3.8, 4) is 0 Å². The Labute approximate surface area is 281 Å². The molecule has 3 N–H and O–H groups in total. The van der Waals surface area contributed by atoms with E-state index in [2.05, 4.69) is 17.2 Å². The van der Waals surface area contributed by atoms with E-state index in [1.807, 2.05) is 16.9 Å². The van der Waals surface area contributed by atoms with Gasteiger partial charge in [-0.25, -0.2) is 21.6 Å². The third kappa shape index (κ3) is 8.00. The number of rotatable bonds is 9. The number of alkyl carbamates (subject to hydrolysis) is 1. The minimum absolute atomic E-state index is 0.0109. The Morgan fingerprint density at radius 3 is 2.17 bits per heavy atom. The van der Waals surface area contributed by atoms with Crippen LogP contribution in [-0.4, -0.2) is 86.8 Å². The van der Waals surface area contributed by atoms with Crippen molar-refractivity contribution < 1.29 is 40.8 Å². The largest absolute Gasteiger partial charge is 0.444 e. The summed E-state index contributed by atoms with van der Waals surface area (Å²) in [6, 6.07) is 9.29. The van der Waals surface area contributed by atoms with Crippen LogP contribution in [0.25, 0.3) is 10.8 Å². The van der Waals surface area contributed by atoms with Gasteiger partial charge in [0.05, 0.1) is 16.4 Å². The second-order valence-electron chi connectivity index (χ2n) is 14.6. The van der Waals surface area contributed by atoms with Gasteiger partial charge in [0.1, 0.15) is 23.2 Å². The van der Waals surface area contributed by atoms with Crippen LogP contribution < -0.4 is 15.4 Å². The van der Waals surface area contributed by atoms with E-state index in [0.29, 0.717) is 5.39 Å². The van der Waals surface area contributed by atoms with Gasteiger partial charge in [0.25, 0.3) is 5.91 Å². The average Bonchev–Trinajstić information content (AvgIpc) is 3.47. The molecule has 2 aromatic carbocycles. The lowest BCUT2D eigenvalue weighted by Crippen LogP contribution is -2.60. The van der Waals surface area contributed by atoms with Gasteiger partial charge in [-0.15, -0.1) is 6.58 Å². The molecule has 48 heavy (non-hydrogen) atoms. The number of carbonyl (C=O) groups is 4. The summed E-state index contributed by atoms with van der Waals surface area (Å²) in [5.74, 6) is -3.16. The summed E-state index contributed by atoms with van der Waals surface area (Å²) >= 11 is 0. The van der Waals surface area contributed by atoms with E-state index in [4.69, 9.17) is 4.74 Å². The predicted octanol–water partition coefficient (Wildman–Crippen LogP) is 2.66. The minimum atomic E-state index is -4.12. The maximum absolute atomic E-state index is 14.3. The van der Waals surface area contributed by atoms with Crippen molar-refractivity contribution in [1.82, 2.24) is 20.3 Å². The Bertz CT molecular complexity index is 1860. The van der Waals surface area contributed by atoms with E-state index in [-0.39, 0.29) is 24.3 Å². The SMILES string of the molecule is C=CC1CC1(NC(=O)C1CC(S(=O)(=O)c2ccc3ccccc3c2)CN1C(=O)C(NC(=O)OC(C)(C)C)C(C)(C)C)C(=O)NS(C)(=O)=O. The number of benzene rings is 2. The number of nitrogens with one attached hydrogen (secondary N) is 3. The number of sulfonamides is 1. The van der Waals surface area contributed by atoms with Crippen LogP contribution in [0.2, 0.25) is 0 Å².